The van der Waals surface area contributed by atoms with E-state index in [2.05, 4.69) is 60.9 Å². The lowest BCUT2D eigenvalue weighted by molar-refractivity contribution is -0.128. The number of nitrogens with zero attached hydrogens (tertiary/aromatic N) is 8. The number of likely N-dealkylation sites (tertiary alicyclic amines) is 1. The lowest BCUT2D eigenvalue weighted by Crippen LogP contribution is -2.60. The molecule has 0 aliphatic carbocycles. The van der Waals surface area contributed by atoms with Crippen molar-refractivity contribution in [2.45, 2.75) is 51.9 Å². The fraction of sp³-hybridized carbons (Fsp3) is 0.474. The summed E-state index contributed by atoms with van der Waals surface area (Å²) < 4.78 is 41.3. The van der Waals surface area contributed by atoms with Gasteiger partial charge in [-0.25, -0.2) is 9.97 Å². The molecule has 262 valence electrons. The molecule has 0 bridgehead atoms. The highest BCUT2D eigenvalue weighted by atomic mass is 19.4. The van der Waals surface area contributed by atoms with Crippen molar-refractivity contribution in [2.24, 2.45) is 5.41 Å². The van der Waals surface area contributed by atoms with Crippen LogP contribution in [0.5, 0.6) is 0 Å². The molecule has 12 heteroatoms. The minimum absolute atomic E-state index is 0.00662. The van der Waals surface area contributed by atoms with Crippen molar-refractivity contribution in [1.82, 2.24) is 29.2 Å². The van der Waals surface area contributed by atoms with Crippen molar-refractivity contribution in [3.05, 3.63) is 77.8 Å². The number of halogens is 3. The molecule has 1 spiro atoms. The molecule has 2 aromatic carbocycles. The molecular weight excluding hydrogens is 641 g/mol. The van der Waals surface area contributed by atoms with Crippen LogP contribution in [0.1, 0.15) is 41.6 Å². The number of aryl methyl sites for hydroxylation is 2. The van der Waals surface area contributed by atoms with E-state index in [1.807, 2.05) is 11.0 Å². The number of hydrogen-bond donors (Lipinski definition) is 0. The van der Waals surface area contributed by atoms with E-state index in [9.17, 15) is 23.2 Å². The van der Waals surface area contributed by atoms with Gasteiger partial charge in [0.2, 0.25) is 5.91 Å². The maximum absolute atomic E-state index is 13.1. The maximum atomic E-state index is 13.1. The summed E-state index contributed by atoms with van der Waals surface area (Å²) in [5.41, 5.74) is 5.35. The van der Waals surface area contributed by atoms with Crippen LogP contribution >= 0.6 is 0 Å². The van der Waals surface area contributed by atoms with Crippen LogP contribution in [0.15, 0.2) is 55.4 Å². The zero-order valence-electron chi connectivity index (χ0n) is 28.6. The number of hydrogen-bond acceptors (Lipinski definition) is 7. The normalized spacial score (nSPS) is 18.5. The van der Waals surface area contributed by atoms with E-state index < -0.39 is 12.6 Å². The van der Waals surface area contributed by atoms with Crippen molar-refractivity contribution in [1.29, 1.82) is 5.26 Å². The van der Waals surface area contributed by atoms with E-state index in [1.165, 1.54) is 29.6 Å². The Morgan fingerprint density at radius 3 is 2.44 bits per heavy atom. The van der Waals surface area contributed by atoms with Gasteiger partial charge in [-0.2, -0.15) is 18.4 Å². The molecular formula is C38H43F3N8O. The molecule has 3 aliphatic heterocycles. The van der Waals surface area contributed by atoms with E-state index >= 15 is 0 Å². The highest BCUT2D eigenvalue weighted by Crippen LogP contribution is 2.44. The lowest BCUT2D eigenvalue weighted by Gasteiger charge is -2.54. The van der Waals surface area contributed by atoms with Gasteiger partial charge in [-0.05, 0) is 92.9 Å². The second-order valence-corrected chi connectivity index (χ2v) is 14.3. The van der Waals surface area contributed by atoms with Crippen LogP contribution in [0.2, 0.25) is 0 Å². The van der Waals surface area contributed by atoms with Gasteiger partial charge in [0.15, 0.2) is 0 Å². The first kappa shape index (κ1) is 34.0. The van der Waals surface area contributed by atoms with Gasteiger partial charge in [-0.1, -0.05) is 18.7 Å². The fourth-order valence-corrected chi connectivity index (χ4v) is 8.14. The molecule has 2 aromatic heterocycles. The molecule has 3 fully saturated rings. The molecule has 3 aliphatic rings. The molecule has 7 rings (SSSR count). The van der Waals surface area contributed by atoms with E-state index in [1.54, 1.807) is 12.1 Å². The molecule has 1 amide bonds. The SMILES string of the molecule is C=CC(=O)N1CCN(CCCn2c(C#N)cc3c(C)c(CN4CCC5(CC4)CN(c4ncnc6ccc(CC(F)(F)F)cc46)C5)ccc32)CC1. The van der Waals surface area contributed by atoms with Crippen molar-refractivity contribution in [3.8, 4) is 6.07 Å². The molecule has 0 radical (unpaired) electrons. The number of amides is 1. The van der Waals surface area contributed by atoms with Crippen molar-refractivity contribution in [3.63, 3.8) is 0 Å². The Kier molecular flexibility index (Phi) is 9.30. The van der Waals surface area contributed by atoms with Gasteiger partial charge >= 0.3 is 6.18 Å². The summed E-state index contributed by atoms with van der Waals surface area (Å²) in [4.78, 5) is 29.6. The third-order valence-corrected chi connectivity index (χ3v) is 11.0. The topological polar surface area (TPSA) is 84.5 Å². The summed E-state index contributed by atoms with van der Waals surface area (Å²) in [6, 6.07) is 13.6. The molecule has 9 nitrogen and oxygen atoms in total. The van der Waals surface area contributed by atoms with E-state index in [0.717, 1.165) is 108 Å². The van der Waals surface area contributed by atoms with Crippen LogP contribution in [0.4, 0.5) is 19.0 Å². The number of nitriles is 1. The zero-order chi connectivity index (χ0) is 35.0. The van der Waals surface area contributed by atoms with Gasteiger partial charge in [-0.15, -0.1) is 0 Å². The first-order chi connectivity index (χ1) is 24.0. The number of benzene rings is 2. The van der Waals surface area contributed by atoms with E-state index in [4.69, 9.17) is 0 Å². The van der Waals surface area contributed by atoms with E-state index in [-0.39, 0.29) is 16.9 Å². The number of fused-ring (bicyclic) bond motifs is 2. The monoisotopic (exact) mass is 684 g/mol. The molecule has 0 unspecified atom stereocenters. The molecule has 4 aromatic rings. The largest absolute Gasteiger partial charge is 0.393 e. The second kappa shape index (κ2) is 13.7. The van der Waals surface area contributed by atoms with Gasteiger partial charge in [0, 0.05) is 74.1 Å². The van der Waals surface area contributed by atoms with Gasteiger partial charge < -0.3 is 14.4 Å². The molecule has 0 atom stereocenters. The number of carbonyl (C=O) groups excluding carboxylic acids is 1. The van der Waals surface area contributed by atoms with Crippen molar-refractivity contribution >= 4 is 33.5 Å². The fourth-order valence-electron chi connectivity index (χ4n) is 8.14. The van der Waals surface area contributed by atoms with Crippen molar-refractivity contribution in [2.75, 3.05) is 63.8 Å². The highest BCUT2D eigenvalue weighted by Gasteiger charge is 2.45. The van der Waals surface area contributed by atoms with E-state index in [0.29, 0.717) is 16.6 Å². The molecule has 3 saturated heterocycles. The molecule has 0 N–H and O–H groups in total. The summed E-state index contributed by atoms with van der Waals surface area (Å²) in [6.07, 6.45) is 0.694. The highest BCUT2D eigenvalue weighted by molar-refractivity contribution is 5.90. The van der Waals surface area contributed by atoms with Gasteiger partial charge in [0.05, 0.1) is 11.9 Å². The summed E-state index contributed by atoms with van der Waals surface area (Å²) >= 11 is 0. The quantitative estimate of drug-likeness (QED) is 0.210. The van der Waals surface area contributed by atoms with Crippen LogP contribution in [0, 0.1) is 23.7 Å². The van der Waals surface area contributed by atoms with Gasteiger partial charge in [0.1, 0.15) is 23.9 Å². The minimum atomic E-state index is -4.26. The first-order valence-electron chi connectivity index (χ1n) is 17.5. The summed E-state index contributed by atoms with van der Waals surface area (Å²) in [5, 5.41) is 11.8. The van der Waals surface area contributed by atoms with Gasteiger partial charge in [0.25, 0.3) is 0 Å². The minimum Gasteiger partial charge on any atom is -0.355 e. The van der Waals surface area contributed by atoms with Crippen molar-refractivity contribution < 1.29 is 18.0 Å². The number of piperidine rings is 1. The van der Waals surface area contributed by atoms with Crippen LogP contribution in [-0.2, 0) is 24.3 Å². The Hall–Kier alpha value is -4.47. The van der Waals surface area contributed by atoms with Crippen LogP contribution in [0.25, 0.3) is 21.8 Å². The predicted octanol–water partition coefficient (Wildman–Crippen LogP) is 5.69. The van der Waals surface area contributed by atoms with Crippen LogP contribution < -0.4 is 4.90 Å². The molecule has 50 heavy (non-hydrogen) atoms. The Bertz CT molecular complexity index is 1940. The number of carbonyl (C=O) groups is 1. The summed E-state index contributed by atoms with van der Waals surface area (Å²) in [6.45, 7) is 15.1. The molecule has 0 saturated carbocycles. The Morgan fingerprint density at radius 2 is 1.74 bits per heavy atom. The van der Waals surface area contributed by atoms with Gasteiger partial charge in [-0.3, -0.25) is 14.6 Å². The number of piperazine rings is 1. The van der Waals surface area contributed by atoms with Crippen LogP contribution in [-0.4, -0.2) is 100 Å². The number of rotatable bonds is 9. The number of anilines is 1. The van der Waals surface area contributed by atoms with Crippen LogP contribution in [0.3, 0.4) is 0 Å². The average molecular weight is 685 g/mol. The maximum Gasteiger partial charge on any atom is 0.393 e. The Balaban J connectivity index is 0.946. The Labute approximate surface area is 290 Å². The number of alkyl halides is 3. The first-order valence-corrected chi connectivity index (χ1v) is 17.5. The third kappa shape index (κ3) is 6.94. The second-order valence-electron chi connectivity index (χ2n) is 14.3. The Morgan fingerprint density at radius 1 is 0.980 bits per heavy atom. The smallest absolute Gasteiger partial charge is 0.355 e. The lowest BCUT2D eigenvalue weighted by atomic mass is 9.72. The molecule has 5 heterocycles. The number of aromatic nitrogens is 3. The zero-order valence-corrected chi connectivity index (χ0v) is 28.6. The summed E-state index contributed by atoms with van der Waals surface area (Å²) in [7, 11) is 0. The third-order valence-electron chi connectivity index (χ3n) is 11.0. The standard InChI is InChI=1S/C38H43F3N8O/c1-3-35(50)47-17-15-45(16-18-47)11-4-12-49-30(22-42)20-31-27(2)29(6-8-34(31)49)23-46-13-9-37(10-14-46)24-48(25-37)36-32-19-28(21-38(39,40)41)5-7-33(32)43-26-44-36/h3,5-8,19-20,26H,1,4,9-18,21,23-25H2,2H3. The average Bonchev–Trinajstić information content (AvgIpc) is 3.46. The summed E-state index contributed by atoms with van der Waals surface area (Å²) in [5.74, 6) is 0.715. The predicted molar refractivity (Wildman–Crippen MR) is 188 cm³/mol.